The van der Waals surface area contributed by atoms with Crippen molar-refractivity contribution in [1.82, 2.24) is 0 Å². The van der Waals surface area contributed by atoms with Crippen LogP contribution in [0.15, 0.2) is 24.3 Å². The Hall–Kier alpha value is -1.31. The Morgan fingerprint density at radius 3 is 2.79 bits per heavy atom. The highest BCUT2D eigenvalue weighted by atomic mass is 16.1. The molecule has 14 heavy (non-hydrogen) atoms. The van der Waals surface area contributed by atoms with E-state index in [0.717, 1.165) is 25.5 Å². The molecule has 0 atom stereocenters. The maximum Gasteiger partial charge on any atom is 0.119 e. The topological polar surface area (TPSA) is 29.1 Å². The molecule has 1 aromatic carbocycles. The summed E-state index contributed by atoms with van der Waals surface area (Å²) in [5.41, 5.74) is 2.53. The minimum Gasteiger partial charge on any atom is -0.388 e. The number of anilines is 1. The number of aldehydes is 1. The maximum atomic E-state index is 10.1. The summed E-state index contributed by atoms with van der Waals surface area (Å²) < 4.78 is 0. The average molecular weight is 191 g/mol. The summed E-state index contributed by atoms with van der Waals surface area (Å²) in [4.78, 5) is 10.1. The monoisotopic (exact) mass is 191 g/mol. The lowest BCUT2D eigenvalue weighted by Gasteiger charge is -2.07. The normalized spacial score (nSPS) is 9.79. The van der Waals surface area contributed by atoms with E-state index in [1.165, 1.54) is 11.3 Å². The van der Waals surface area contributed by atoms with Crippen LogP contribution in [0.3, 0.4) is 0 Å². The van der Waals surface area contributed by atoms with Gasteiger partial charge in [-0.2, -0.15) is 0 Å². The number of carbonyl (C=O) groups excluding carboxylic acids is 1. The zero-order chi connectivity index (χ0) is 10.2. The van der Waals surface area contributed by atoms with Crippen LogP contribution in [-0.2, 0) is 11.2 Å². The standard InChI is InChI=1S/C12H17NO/c1-13-12-9-5-4-8-11(12)7-3-2-6-10-14/h4-5,8-10,13H,2-3,6-7H2,1H3. The van der Waals surface area contributed by atoms with Gasteiger partial charge in [0.15, 0.2) is 0 Å². The SMILES string of the molecule is CNc1ccccc1CCCCC=O. The third-order valence-corrected chi connectivity index (χ3v) is 2.30. The van der Waals surface area contributed by atoms with Crippen LogP contribution >= 0.6 is 0 Å². The second-order valence-corrected chi connectivity index (χ2v) is 3.32. The summed E-state index contributed by atoms with van der Waals surface area (Å²) in [7, 11) is 1.93. The summed E-state index contributed by atoms with van der Waals surface area (Å²) in [5.74, 6) is 0. The van der Waals surface area contributed by atoms with Gasteiger partial charge in [0.25, 0.3) is 0 Å². The first-order valence-corrected chi connectivity index (χ1v) is 5.07. The third-order valence-electron chi connectivity index (χ3n) is 2.30. The van der Waals surface area contributed by atoms with Crippen LogP contribution in [0, 0.1) is 0 Å². The van der Waals surface area contributed by atoms with Crippen molar-refractivity contribution in [3.8, 4) is 0 Å². The van der Waals surface area contributed by atoms with Crippen LogP contribution in [0.1, 0.15) is 24.8 Å². The van der Waals surface area contributed by atoms with Crippen LogP contribution in [0.4, 0.5) is 5.69 Å². The van der Waals surface area contributed by atoms with E-state index in [4.69, 9.17) is 0 Å². The van der Waals surface area contributed by atoms with E-state index in [1.807, 2.05) is 13.1 Å². The maximum absolute atomic E-state index is 10.1. The molecule has 0 saturated heterocycles. The lowest BCUT2D eigenvalue weighted by Crippen LogP contribution is -1.95. The molecule has 0 aliphatic rings. The number of carbonyl (C=O) groups is 1. The Bertz CT molecular complexity index is 283. The number of hydrogen-bond donors (Lipinski definition) is 1. The van der Waals surface area contributed by atoms with Crippen LogP contribution < -0.4 is 5.32 Å². The van der Waals surface area contributed by atoms with E-state index in [-0.39, 0.29) is 0 Å². The highest BCUT2D eigenvalue weighted by molar-refractivity contribution is 5.51. The lowest BCUT2D eigenvalue weighted by atomic mass is 10.1. The second-order valence-electron chi connectivity index (χ2n) is 3.32. The first-order valence-electron chi connectivity index (χ1n) is 5.07. The molecule has 0 fully saturated rings. The predicted molar refractivity (Wildman–Crippen MR) is 59.6 cm³/mol. The number of hydrogen-bond acceptors (Lipinski definition) is 2. The van der Waals surface area contributed by atoms with Gasteiger partial charge in [0.05, 0.1) is 0 Å². The first kappa shape index (κ1) is 10.8. The molecule has 0 spiro atoms. The third kappa shape index (κ3) is 3.21. The summed E-state index contributed by atoms with van der Waals surface area (Å²) in [6.07, 6.45) is 4.79. The summed E-state index contributed by atoms with van der Waals surface area (Å²) in [5, 5.41) is 3.17. The smallest absolute Gasteiger partial charge is 0.119 e. The molecule has 76 valence electrons. The van der Waals surface area contributed by atoms with Crippen molar-refractivity contribution in [3.05, 3.63) is 29.8 Å². The minimum absolute atomic E-state index is 0.682. The molecule has 0 unspecified atom stereocenters. The fourth-order valence-corrected chi connectivity index (χ4v) is 1.53. The largest absolute Gasteiger partial charge is 0.388 e. The summed E-state index contributed by atoms with van der Waals surface area (Å²) in [6.45, 7) is 0. The summed E-state index contributed by atoms with van der Waals surface area (Å²) >= 11 is 0. The number of unbranched alkanes of at least 4 members (excludes halogenated alkanes) is 2. The van der Waals surface area contributed by atoms with E-state index in [0.29, 0.717) is 6.42 Å². The fraction of sp³-hybridized carbons (Fsp3) is 0.417. The van der Waals surface area contributed by atoms with E-state index >= 15 is 0 Å². The Balaban J connectivity index is 2.44. The van der Waals surface area contributed by atoms with Gasteiger partial charge in [-0.3, -0.25) is 0 Å². The van der Waals surface area contributed by atoms with Crippen LogP contribution in [0.2, 0.25) is 0 Å². The van der Waals surface area contributed by atoms with Gasteiger partial charge in [-0.15, -0.1) is 0 Å². The van der Waals surface area contributed by atoms with E-state index in [2.05, 4.69) is 23.5 Å². The van der Waals surface area contributed by atoms with E-state index < -0.39 is 0 Å². The molecule has 0 bridgehead atoms. The van der Waals surface area contributed by atoms with Gasteiger partial charge in [-0.05, 0) is 30.9 Å². The molecule has 0 aliphatic carbocycles. The van der Waals surface area contributed by atoms with Gasteiger partial charge in [0.1, 0.15) is 6.29 Å². The molecule has 1 aromatic rings. The van der Waals surface area contributed by atoms with Crippen LogP contribution in [0.25, 0.3) is 0 Å². The van der Waals surface area contributed by atoms with Crippen molar-refractivity contribution in [2.75, 3.05) is 12.4 Å². The molecule has 0 aromatic heterocycles. The fourth-order valence-electron chi connectivity index (χ4n) is 1.53. The molecule has 0 amide bonds. The molecule has 1 rings (SSSR count). The number of rotatable bonds is 6. The highest BCUT2D eigenvalue weighted by Gasteiger charge is 1.98. The van der Waals surface area contributed by atoms with Gasteiger partial charge in [-0.25, -0.2) is 0 Å². The molecule has 0 aliphatic heterocycles. The highest BCUT2D eigenvalue weighted by Crippen LogP contribution is 2.16. The van der Waals surface area contributed by atoms with Crippen molar-refractivity contribution in [2.24, 2.45) is 0 Å². The van der Waals surface area contributed by atoms with Crippen molar-refractivity contribution in [1.29, 1.82) is 0 Å². The second kappa shape index (κ2) is 6.19. The van der Waals surface area contributed by atoms with Crippen molar-refractivity contribution >= 4 is 12.0 Å². The Kier molecular flexibility index (Phi) is 4.76. The average Bonchev–Trinajstić information content (AvgIpc) is 2.25. The van der Waals surface area contributed by atoms with Crippen molar-refractivity contribution in [3.63, 3.8) is 0 Å². The van der Waals surface area contributed by atoms with Gasteiger partial charge in [0, 0.05) is 19.2 Å². The Morgan fingerprint density at radius 1 is 1.29 bits per heavy atom. The van der Waals surface area contributed by atoms with E-state index in [1.54, 1.807) is 0 Å². The number of nitrogens with one attached hydrogen (secondary N) is 1. The predicted octanol–water partition coefficient (Wildman–Crippen LogP) is 2.64. The van der Waals surface area contributed by atoms with E-state index in [9.17, 15) is 4.79 Å². The molecule has 2 heteroatoms. The summed E-state index contributed by atoms with van der Waals surface area (Å²) in [6, 6.07) is 8.29. The quantitative estimate of drug-likeness (QED) is 0.553. The molecule has 0 heterocycles. The Labute approximate surface area is 85.3 Å². The van der Waals surface area contributed by atoms with Crippen LogP contribution in [-0.4, -0.2) is 13.3 Å². The van der Waals surface area contributed by atoms with Gasteiger partial charge in [-0.1, -0.05) is 18.2 Å². The number of benzene rings is 1. The molecule has 2 nitrogen and oxygen atoms in total. The molecule has 1 N–H and O–H groups in total. The van der Waals surface area contributed by atoms with Gasteiger partial charge >= 0.3 is 0 Å². The van der Waals surface area contributed by atoms with Crippen molar-refractivity contribution < 1.29 is 4.79 Å². The molecule has 0 saturated carbocycles. The van der Waals surface area contributed by atoms with Crippen molar-refractivity contribution in [2.45, 2.75) is 25.7 Å². The minimum atomic E-state index is 0.682. The number of para-hydroxylation sites is 1. The Morgan fingerprint density at radius 2 is 2.07 bits per heavy atom. The molecular formula is C12H17NO. The first-order chi connectivity index (χ1) is 6.88. The van der Waals surface area contributed by atoms with Crippen LogP contribution in [0.5, 0.6) is 0 Å². The zero-order valence-electron chi connectivity index (χ0n) is 8.62. The number of aryl methyl sites for hydroxylation is 1. The molecular weight excluding hydrogens is 174 g/mol. The molecule has 0 radical (unpaired) electrons. The van der Waals surface area contributed by atoms with Gasteiger partial charge < -0.3 is 10.1 Å². The van der Waals surface area contributed by atoms with Gasteiger partial charge in [0.2, 0.25) is 0 Å². The lowest BCUT2D eigenvalue weighted by molar-refractivity contribution is -0.107. The zero-order valence-corrected chi connectivity index (χ0v) is 8.62.